The molecule has 0 fully saturated rings. The normalized spacial score (nSPS) is 10.4. The minimum atomic E-state index is -1.55. The lowest BCUT2D eigenvalue weighted by Crippen LogP contribution is -2.40. The molecular weight excluding hydrogens is 336 g/mol. The Morgan fingerprint density at radius 3 is 2.28 bits per heavy atom. The summed E-state index contributed by atoms with van der Waals surface area (Å²) in [5, 5.41) is 9.01. The van der Waals surface area contributed by atoms with Crippen LogP contribution in [0.3, 0.4) is 0 Å². The van der Waals surface area contributed by atoms with Crippen molar-refractivity contribution in [3.8, 4) is 0 Å². The number of carbonyl (C=O) groups excluding carboxylic acids is 2. The average molecular weight is 349 g/mol. The molecule has 0 aliphatic rings. The van der Waals surface area contributed by atoms with E-state index in [0.29, 0.717) is 4.90 Å². The second-order valence-electron chi connectivity index (χ2n) is 4.92. The monoisotopic (exact) mass is 349 g/mol. The SMILES string of the molecule is COCC(=O)N(C(=O)c1ccc(F)cc1)c1cccc(C(=O)O)c1F. The van der Waals surface area contributed by atoms with Crippen LogP contribution in [0.15, 0.2) is 42.5 Å². The van der Waals surface area contributed by atoms with Crippen LogP contribution >= 0.6 is 0 Å². The summed E-state index contributed by atoms with van der Waals surface area (Å²) < 4.78 is 32.2. The van der Waals surface area contributed by atoms with Gasteiger partial charge >= 0.3 is 5.97 Å². The number of hydrogen-bond donors (Lipinski definition) is 1. The lowest BCUT2D eigenvalue weighted by molar-refractivity contribution is -0.121. The predicted octanol–water partition coefficient (Wildman–Crippen LogP) is 2.48. The van der Waals surface area contributed by atoms with Gasteiger partial charge in [0.25, 0.3) is 11.8 Å². The summed E-state index contributed by atoms with van der Waals surface area (Å²) in [6, 6.07) is 7.58. The molecule has 0 radical (unpaired) electrons. The minimum Gasteiger partial charge on any atom is -0.478 e. The molecule has 0 heterocycles. The van der Waals surface area contributed by atoms with Gasteiger partial charge in [-0.15, -0.1) is 0 Å². The summed E-state index contributed by atoms with van der Waals surface area (Å²) in [7, 11) is 1.21. The summed E-state index contributed by atoms with van der Waals surface area (Å²) in [4.78, 5) is 36.4. The quantitative estimate of drug-likeness (QED) is 0.897. The van der Waals surface area contributed by atoms with Crippen molar-refractivity contribution in [3.63, 3.8) is 0 Å². The second kappa shape index (κ2) is 7.63. The van der Waals surface area contributed by atoms with E-state index in [1.165, 1.54) is 13.2 Å². The molecule has 6 nitrogen and oxygen atoms in total. The third-order valence-electron chi connectivity index (χ3n) is 3.26. The molecule has 1 N–H and O–H groups in total. The Morgan fingerprint density at radius 1 is 1.08 bits per heavy atom. The molecule has 25 heavy (non-hydrogen) atoms. The number of carboxylic acid groups (broad SMARTS) is 1. The number of amides is 2. The van der Waals surface area contributed by atoms with Gasteiger partial charge in [-0.1, -0.05) is 6.07 Å². The average Bonchev–Trinajstić information content (AvgIpc) is 2.57. The van der Waals surface area contributed by atoms with Crippen LogP contribution in [-0.2, 0) is 9.53 Å². The number of rotatable bonds is 5. The van der Waals surface area contributed by atoms with Gasteiger partial charge < -0.3 is 9.84 Å². The zero-order valence-corrected chi connectivity index (χ0v) is 13.0. The molecule has 2 aromatic rings. The van der Waals surface area contributed by atoms with Crippen LogP contribution in [0.4, 0.5) is 14.5 Å². The molecule has 0 spiro atoms. The highest BCUT2D eigenvalue weighted by atomic mass is 19.1. The van der Waals surface area contributed by atoms with Crippen molar-refractivity contribution in [2.45, 2.75) is 0 Å². The number of carboxylic acids is 1. The lowest BCUT2D eigenvalue weighted by Gasteiger charge is -2.22. The Labute approximate surface area is 141 Å². The highest BCUT2D eigenvalue weighted by Gasteiger charge is 2.29. The molecule has 0 unspecified atom stereocenters. The van der Waals surface area contributed by atoms with E-state index in [9.17, 15) is 23.2 Å². The first-order valence-electron chi connectivity index (χ1n) is 7.00. The summed E-state index contributed by atoms with van der Waals surface area (Å²) in [5.74, 6) is -5.23. The Balaban J connectivity index is 2.56. The topological polar surface area (TPSA) is 83.9 Å². The van der Waals surface area contributed by atoms with Gasteiger partial charge in [0.15, 0.2) is 5.82 Å². The van der Waals surface area contributed by atoms with Crippen molar-refractivity contribution in [1.82, 2.24) is 0 Å². The summed E-state index contributed by atoms with van der Waals surface area (Å²) >= 11 is 0. The van der Waals surface area contributed by atoms with Gasteiger partial charge in [0.2, 0.25) is 0 Å². The zero-order valence-electron chi connectivity index (χ0n) is 13.0. The summed E-state index contributed by atoms with van der Waals surface area (Å²) in [6.07, 6.45) is 0. The molecule has 0 saturated carbocycles. The van der Waals surface area contributed by atoms with Gasteiger partial charge in [0.1, 0.15) is 12.4 Å². The van der Waals surface area contributed by atoms with E-state index >= 15 is 0 Å². The van der Waals surface area contributed by atoms with Crippen LogP contribution in [0.25, 0.3) is 0 Å². The molecule has 0 bridgehead atoms. The Morgan fingerprint density at radius 2 is 1.72 bits per heavy atom. The van der Waals surface area contributed by atoms with Gasteiger partial charge in [0, 0.05) is 12.7 Å². The predicted molar refractivity (Wildman–Crippen MR) is 83.5 cm³/mol. The third-order valence-corrected chi connectivity index (χ3v) is 3.26. The number of aromatic carboxylic acids is 1. The van der Waals surface area contributed by atoms with Gasteiger partial charge in [-0.2, -0.15) is 0 Å². The van der Waals surface area contributed by atoms with Crippen molar-refractivity contribution in [3.05, 3.63) is 65.2 Å². The molecule has 8 heteroatoms. The van der Waals surface area contributed by atoms with E-state index < -0.39 is 47.3 Å². The fourth-order valence-corrected chi connectivity index (χ4v) is 2.12. The van der Waals surface area contributed by atoms with Crippen LogP contribution in [0, 0.1) is 11.6 Å². The smallest absolute Gasteiger partial charge is 0.338 e. The van der Waals surface area contributed by atoms with E-state index in [-0.39, 0.29) is 5.56 Å². The first kappa shape index (κ1) is 18.2. The summed E-state index contributed by atoms with van der Waals surface area (Å²) in [6.45, 7) is -0.538. The number of ether oxygens (including phenoxy) is 1. The van der Waals surface area contributed by atoms with Crippen molar-refractivity contribution >= 4 is 23.5 Å². The van der Waals surface area contributed by atoms with Gasteiger partial charge in [-0.3, -0.25) is 9.59 Å². The van der Waals surface area contributed by atoms with Crippen molar-refractivity contribution in [2.24, 2.45) is 0 Å². The maximum Gasteiger partial charge on any atom is 0.338 e. The minimum absolute atomic E-state index is 0.0778. The molecule has 0 aliphatic heterocycles. The van der Waals surface area contributed by atoms with Crippen LogP contribution in [0.2, 0.25) is 0 Å². The summed E-state index contributed by atoms with van der Waals surface area (Å²) in [5.41, 5.74) is -1.30. The van der Waals surface area contributed by atoms with E-state index in [1.807, 2.05) is 0 Å². The molecule has 0 aliphatic carbocycles. The Bertz CT molecular complexity index is 820. The fourth-order valence-electron chi connectivity index (χ4n) is 2.12. The van der Waals surface area contributed by atoms with E-state index in [1.54, 1.807) is 0 Å². The van der Waals surface area contributed by atoms with Crippen LogP contribution in [0.1, 0.15) is 20.7 Å². The second-order valence-corrected chi connectivity index (χ2v) is 4.92. The number of benzene rings is 2. The van der Waals surface area contributed by atoms with E-state index in [4.69, 9.17) is 5.11 Å². The van der Waals surface area contributed by atoms with Gasteiger partial charge in [-0.05, 0) is 36.4 Å². The fraction of sp³-hybridized carbons (Fsp3) is 0.118. The lowest BCUT2D eigenvalue weighted by atomic mass is 10.1. The molecule has 0 saturated heterocycles. The van der Waals surface area contributed by atoms with Crippen LogP contribution < -0.4 is 4.90 Å². The van der Waals surface area contributed by atoms with Crippen LogP contribution in [0.5, 0.6) is 0 Å². The molecule has 2 rings (SSSR count). The molecule has 0 atom stereocenters. The standard InChI is InChI=1S/C17H13F2NO5/c1-25-9-14(21)20(16(22)10-5-7-11(18)8-6-10)13-4-2-3-12(15(13)19)17(23)24/h2-8H,9H2,1H3,(H,23,24). The number of nitrogens with zero attached hydrogens (tertiary/aromatic N) is 1. The van der Waals surface area contributed by atoms with Gasteiger partial charge in [-0.25, -0.2) is 18.5 Å². The number of anilines is 1. The molecule has 2 amide bonds. The maximum atomic E-state index is 14.5. The Kier molecular flexibility index (Phi) is 5.56. The zero-order chi connectivity index (χ0) is 18.6. The van der Waals surface area contributed by atoms with Crippen molar-refractivity contribution < 1.29 is 33.0 Å². The number of hydrogen-bond acceptors (Lipinski definition) is 4. The van der Waals surface area contributed by atoms with Gasteiger partial charge in [0.05, 0.1) is 11.3 Å². The number of imide groups is 1. The molecular formula is C17H13F2NO5. The first-order valence-corrected chi connectivity index (χ1v) is 7.00. The van der Waals surface area contributed by atoms with E-state index in [2.05, 4.69) is 4.74 Å². The highest BCUT2D eigenvalue weighted by Crippen LogP contribution is 2.25. The van der Waals surface area contributed by atoms with Crippen molar-refractivity contribution in [2.75, 3.05) is 18.6 Å². The Hall–Kier alpha value is -3.13. The highest BCUT2D eigenvalue weighted by molar-refractivity contribution is 6.21. The molecule has 130 valence electrons. The maximum absolute atomic E-state index is 14.5. The van der Waals surface area contributed by atoms with Crippen molar-refractivity contribution in [1.29, 1.82) is 0 Å². The largest absolute Gasteiger partial charge is 0.478 e. The number of carbonyl (C=O) groups is 3. The molecule has 0 aromatic heterocycles. The van der Waals surface area contributed by atoms with Crippen LogP contribution in [-0.4, -0.2) is 36.6 Å². The third kappa shape index (κ3) is 3.86. The number of methoxy groups -OCH3 is 1. The molecule has 2 aromatic carbocycles. The van der Waals surface area contributed by atoms with E-state index in [0.717, 1.165) is 36.4 Å². The number of halogens is 2. The first-order chi connectivity index (χ1) is 11.9.